The van der Waals surface area contributed by atoms with E-state index in [4.69, 9.17) is 0 Å². The number of hydrogen-bond donors (Lipinski definition) is 2. The van der Waals surface area contributed by atoms with Crippen LogP contribution < -0.4 is 5.32 Å². The highest BCUT2D eigenvalue weighted by Gasteiger charge is 2.27. The van der Waals surface area contributed by atoms with Gasteiger partial charge in [0.05, 0.1) is 0 Å². The average molecular weight is 374 g/mol. The Bertz CT molecular complexity index is 943. The molecule has 0 saturated heterocycles. The number of rotatable bonds is 6. The van der Waals surface area contributed by atoms with Crippen LogP contribution in [0.5, 0.6) is 0 Å². The zero-order valence-corrected chi connectivity index (χ0v) is 16.2. The monoisotopic (exact) mass is 374 g/mol. The third-order valence-electron chi connectivity index (χ3n) is 5.42. The minimum Gasteiger partial charge on any atom is -0.384 e. The number of nitrogens with one attached hydrogen (secondary N) is 2. The van der Waals surface area contributed by atoms with Crippen LogP contribution in [0.2, 0.25) is 0 Å². The third kappa shape index (κ3) is 3.93. The second-order valence-electron chi connectivity index (χ2n) is 7.24. The molecule has 1 amide bonds. The number of nitrogens with zero attached hydrogens (tertiary/aromatic N) is 2. The molecule has 1 unspecified atom stereocenters. The molecule has 2 N–H and O–H groups in total. The van der Waals surface area contributed by atoms with Gasteiger partial charge in [-0.3, -0.25) is 9.78 Å². The fourth-order valence-electron chi connectivity index (χ4n) is 3.93. The number of allylic oxidation sites excluding steroid dienone is 1. The first kappa shape index (κ1) is 18.3. The van der Waals surface area contributed by atoms with Crippen molar-refractivity contribution in [2.24, 2.45) is 0 Å². The van der Waals surface area contributed by atoms with Gasteiger partial charge < -0.3 is 15.2 Å². The maximum atomic E-state index is 13.2. The van der Waals surface area contributed by atoms with Crippen LogP contribution in [0.1, 0.15) is 42.2 Å². The number of carbonyl (C=O) groups excluding carboxylic acids is 1. The van der Waals surface area contributed by atoms with Gasteiger partial charge in [0.15, 0.2) is 0 Å². The molecule has 0 fully saturated rings. The lowest BCUT2D eigenvalue weighted by Gasteiger charge is -2.34. The van der Waals surface area contributed by atoms with Crippen LogP contribution >= 0.6 is 0 Å². The van der Waals surface area contributed by atoms with Crippen LogP contribution in [-0.2, 0) is 6.54 Å². The standard InChI is InChI=1S/C23H26N4O/c1-2-27(23(28)22-14-18-6-3-4-9-21(18)26-22)20-8-5-7-19(15-20)25-16-17-10-12-24-13-11-17/h3-4,6-7,9-14,20,25-26H,2,5,8,15-16H2,1H3. The fraction of sp³-hybridized carbons (Fsp3) is 0.304. The molecule has 1 aromatic carbocycles. The van der Waals surface area contributed by atoms with Crippen molar-refractivity contribution in [3.8, 4) is 0 Å². The Labute approximate surface area is 165 Å². The minimum atomic E-state index is 0.0825. The normalized spacial score (nSPS) is 16.6. The Kier molecular flexibility index (Phi) is 5.42. The van der Waals surface area contributed by atoms with Crippen molar-refractivity contribution in [2.75, 3.05) is 6.54 Å². The van der Waals surface area contributed by atoms with Crippen LogP contribution in [0, 0.1) is 0 Å². The number of pyridine rings is 1. The highest BCUT2D eigenvalue weighted by molar-refractivity contribution is 5.98. The smallest absolute Gasteiger partial charge is 0.270 e. The molecule has 0 bridgehead atoms. The van der Waals surface area contributed by atoms with E-state index in [0.717, 1.165) is 36.7 Å². The summed E-state index contributed by atoms with van der Waals surface area (Å²) in [6.07, 6.45) is 8.74. The predicted molar refractivity (Wildman–Crippen MR) is 112 cm³/mol. The van der Waals surface area contributed by atoms with Crippen molar-refractivity contribution in [3.05, 3.63) is 77.9 Å². The number of aromatic amines is 1. The van der Waals surface area contributed by atoms with E-state index in [0.29, 0.717) is 12.2 Å². The Balaban J connectivity index is 1.44. The van der Waals surface area contributed by atoms with E-state index >= 15 is 0 Å². The largest absolute Gasteiger partial charge is 0.384 e. The second-order valence-corrected chi connectivity index (χ2v) is 7.24. The van der Waals surface area contributed by atoms with Gasteiger partial charge in [0.2, 0.25) is 0 Å². The van der Waals surface area contributed by atoms with E-state index < -0.39 is 0 Å². The van der Waals surface area contributed by atoms with Crippen molar-refractivity contribution in [2.45, 2.75) is 38.8 Å². The molecule has 28 heavy (non-hydrogen) atoms. The lowest BCUT2D eigenvalue weighted by atomic mass is 9.96. The summed E-state index contributed by atoms with van der Waals surface area (Å²) in [6.45, 7) is 3.54. The lowest BCUT2D eigenvalue weighted by molar-refractivity contribution is 0.0669. The van der Waals surface area contributed by atoms with Gasteiger partial charge >= 0.3 is 0 Å². The summed E-state index contributed by atoms with van der Waals surface area (Å²) in [5.41, 5.74) is 4.10. The molecule has 4 rings (SSSR count). The number of H-pyrrole nitrogens is 1. The minimum absolute atomic E-state index is 0.0825. The second kappa shape index (κ2) is 8.30. The first-order chi connectivity index (χ1) is 13.7. The topological polar surface area (TPSA) is 61.0 Å². The van der Waals surface area contributed by atoms with Crippen molar-refractivity contribution in [3.63, 3.8) is 0 Å². The SMILES string of the molecule is CCN(C(=O)c1cc2ccccc2[nH]1)C1CCC=C(NCc2ccncc2)C1. The molecule has 1 atom stereocenters. The molecule has 3 aromatic rings. The van der Waals surface area contributed by atoms with Gasteiger partial charge in [-0.25, -0.2) is 0 Å². The zero-order valence-electron chi connectivity index (χ0n) is 16.2. The molecule has 5 nitrogen and oxygen atoms in total. The number of fused-ring (bicyclic) bond motifs is 1. The van der Waals surface area contributed by atoms with Gasteiger partial charge in [-0.1, -0.05) is 24.3 Å². The van der Waals surface area contributed by atoms with Gasteiger partial charge in [-0.05, 0) is 49.6 Å². The van der Waals surface area contributed by atoms with Crippen LogP contribution in [0.15, 0.2) is 66.6 Å². The zero-order chi connectivity index (χ0) is 19.3. The third-order valence-corrected chi connectivity index (χ3v) is 5.42. The number of carbonyl (C=O) groups is 1. The van der Waals surface area contributed by atoms with Crippen LogP contribution in [0.25, 0.3) is 10.9 Å². The number of para-hydroxylation sites is 1. The maximum absolute atomic E-state index is 13.2. The number of aromatic nitrogens is 2. The van der Waals surface area contributed by atoms with Gasteiger partial charge in [0.25, 0.3) is 5.91 Å². The van der Waals surface area contributed by atoms with E-state index in [1.807, 2.05) is 59.8 Å². The molecule has 0 aliphatic heterocycles. The fourth-order valence-corrected chi connectivity index (χ4v) is 3.93. The summed E-state index contributed by atoms with van der Waals surface area (Å²) in [4.78, 5) is 22.5. The molecule has 5 heteroatoms. The Hall–Kier alpha value is -3.08. The molecule has 0 spiro atoms. The molecule has 1 aliphatic carbocycles. The van der Waals surface area contributed by atoms with E-state index in [2.05, 4.69) is 28.3 Å². The Morgan fingerprint density at radius 3 is 2.86 bits per heavy atom. The van der Waals surface area contributed by atoms with Gasteiger partial charge in [-0.15, -0.1) is 0 Å². The van der Waals surface area contributed by atoms with Gasteiger partial charge in [-0.2, -0.15) is 0 Å². The van der Waals surface area contributed by atoms with Gasteiger partial charge in [0, 0.05) is 54.5 Å². The summed E-state index contributed by atoms with van der Waals surface area (Å²) < 4.78 is 0. The first-order valence-corrected chi connectivity index (χ1v) is 9.95. The average Bonchev–Trinajstić information content (AvgIpc) is 3.18. The van der Waals surface area contributed by atoms with Crippen molar-refractivity contribution < 1.29 is 4.79 Å². The molecule has 2 heterocycles. The summed E-state index contributed by atoms with van der Waals surface area (Å²) in [7, 11) is 0. The first-order valence-electron chi connectivity index (χ1n) is 9.95. The van der Waals surface area contributed by atoms with E-state index in [-0.39, 0.29) is 11.9 Å². The van der Waals surface area contributed by atoms with Crippen LogP contribution in [0.4, 0.5) is 0 Å². The van der Waals surface area contributed by atoms with Crippen LogP contribution in [0.3, 0.4) is 0 Å². The molecular weight excluding hydrogens is 348 g/mol. The van der Waals surface area contributed by atoms with Crippen molar-refractivity contribution >= 4 is 16.8 Å². The maximum Gasteiger partial charge on any atom is 0.270 e. The quantitative estimate of drug-likeness (QED) is 0.678. The van der Waals surface area contributed by atoms with Crippen molar-refractivity contribution in [1.82, 2.24) is 20.2 Å². The molecule has 0 radical (unpaired) electrons. The summed E-state index contributed by atoms with van der Waals surface area (Å²) in [6, 6.07) is 14.2. The number of amides is 1. The number of hydrogen-bond acceptors (Lipinski definition) is 3. The lowest BCUT2D eigenvalue weighted by Crippen LogP contribution is -2.42. The molecule has 1 aliphatic rings. The molecule has 144 valence electrons. The number of benzene rings is 1. The molecule has 0 saturated carbocycles. The van der Waals surface area contributed by atoms with E-state index in [9.17, 15) is 4.79 Å². The highest BCUT2D eigenvalue weighted by atomic mass is 16.2. The molecular formula is C23H26N4O. The van der Waals surface area contributed by atoms with E-state index in [1.54, 1.807) is 0 Å². The van der Waals surface area contributed by atoms with Crippen LogP contribution in [-0.4, -0.2) is 33.4 Å². The summed E-state index contributed by atoms with van der Waals surface area (Å²) >= 11 is 0. The van der Waals surface area contributed by atoms with E-state index in [1.165, 1.54) is 11.3 Å². The Morgan fingerprint density at radius 1 is 1.25 bits per heavy atom. The predicted octanol–water partition coefficient (Wildman–Crippen LogP) is 4.25. The summed E-state index contributed by atoms with van der Waals surface area (Å²) in [5.74, 6) is 0.0825. The Morgan fingerprint density at radius 2 is 2.07 bits per heavy atom. The van der Waals surface area contributed by atoms with Crippen molar-refractivity contribution in [1.29, 1.82) is 0 Å². The van der Waals surface area contributed by atoms with Gasteiger partial charge in [0.1, 0.15) is 5.69 Å². The highest BCUT2D eigenvalue weighted by Crippen LogP contribution is 2.24. The molecule has 2 aromatic heterocycles. The summed E-state index contributed by atoms with van der Waals surface area (Å²) in [5, 5.41) is 4.61.